The molecule has 154 valence electrons. The SMILES string of the molecule is CCN1C(=O)COc2cc(-c3noc(C(=O)NC[C@@H](C)c4ccccc4)n3)ccc21. The summed E-state index contributed by atoms with van der Waals surface area (Å²) in [5.41, 5.74) is 2.48. The van der Waals surface area contributed by atoms with Gasteiger partial charge in [-0.2, -0.15) is 4.98 Å². The van der Waals surface area contributed by atoms with E-state index in [4.69, 9.17) is 9.26 Å². The molecule has 1 aliphatic heterocycles. The van der Waals surface area contributed by atoms with Gasteiger partial charge < -0.3 is 19.5 Å². The van der Waals surface area contributed by atoms with E-state index in [1.54, 1.807) is 23.1 Å². The highest BCUT2D eigenvalue weighted by Crippen LogP contribution is 2.35. The minimum atomic E-state index is -0.423. The Kier molecular flexibility index (Phi) is 5.47. The number of carbonyl (C=O) groups is 2. The van der Waals surface area contributed by atoms with Gasteiger partial charge in [-0.05, 0) is 36.6 Å². The third kappa shape index (κ3) is 3.89. The Morgan fingerprint density at radius 2 is 2.03 bits per heavy atom. The fourth-order valence-corrected chi connectivity index (χ4v) is 3.34. The van der Waals surface area contributed by atoms with Gasteiger partial charge in [0.05, 0.1) is 5.69 Å². The second-order valence-corrected chi connectivity index (χ2v) is 7.05. The highest BCUT2D eigenvalue weighted by atomic mass is 16.5. The largest absolute Gasteiger partial charge is 0.482 e. The van der Waals surface area contributed by atoms with Crippen LogP contribution in [0.3, 0.4) is 0 Å². The van der Waals surface area contributed by atoms with Crippen LogP contribution in [0.5, 0.6) is 5.75 Å². The van der Waals surface area contributed by atoms with Crippen molar-refractivity contribution in [2.45, 2.75) is 19.8 Å². The minimum absolute atomic E-state index is 0.0101. The van der Waals surface area contributed by atoms with Crippen LogP contribution in [-0.4, -0.2) is 41.7 Å². The summed E-state index contributed by atoms with van der Waals surface area (Å²) in [4.78, 5) is 30.2. The van der Waals surface area contributed by atoms with E-state index >= 15 is 0 Å². The summed E-state index contributed by atoms with van der Waals surface area (Å²) in [6.45, 7) is 4.94. The molecule has 2 amide bonds. The van der Waals surface area contributed by atoms with Crippen LogP contribution in [0.25, 0.3) is 11.4 Å². The lowest BCUT2D eigenvalue weighted by molar-refractivity contribution is -0.121. The highest BCUT2D eigenvalue weighted by molar-refractivity contribution is 5.98. The molecule has 0 bridgehead atoms. The molecule has 0 aliphatic carbocycles. The van der Waals surface area contributed by atoms with Gasteiger partial charge >= 0.3 is 11.8 Å². The van der Waals surface area contributed by atoms with Gasteiger partial charge in [0.2, 0.25) is 5.82 Å². The number of ether oxygens (including phenoxy) is 1. The number of carbonyl (C=O) groups excluding carboxylic acids is 2. The second-order valence-electron chi connectivity index (χ2n) is 7.05. The Labute approximate surface area is 173 Å². The van der Waals surface area contributed by atoms with Gasteiger partial charge in [-0.1, -0.05) is 42.4 Å². The standard InChI is InChI=1S/C22H22N4O4/c1-3-26-17-10-9-16(11-18(17)29-13-19(26)27)20-24-22(30-25-20)21(28)23-12-14(2)15-7-5-4-6-8-15/h4-11,14H,3,12-13H2,1-2H3,(H,23,28)/t14-/m1/s1. The molecule has 0 spiro atoms. The molecule has 4 rings (SSSR count). The molecule has 1 atom stereocenters. The lowest BCUT2D eigenvalue weighted by Crippen LogP contribution is -2.38. The van der Waals surface area contributed by atoms with Gasteiger partial charge in [0.25, 0.3) is 5.91 Å². The first-order valence-corrected chi connectivity index (χ1v) is 9.81. The molecule has 2 heterocycles. The third-order valence-electron chi connectivity index (χ3n) is 5.03. The maximum Gasteiger partial charge on any atom is 0.316 e. The normalized spacial score (nSPS) is 14.1. The lowest BCUT2D eigenvalue weighted by Gasteiger charge is -2.28. The number of hydrogen-bond donors (Lipinski definition) is 1. The number of anilines is 1. The predicted molar refractivity (Wildman–Crippen MR) is 110 cm³/mol. The van der Waals surface area contributed by atoms with E-state index in [0.717, 1.165) is 5.56 Å². The van der Waals surface area contributed by atoms with Gasteiger partial charge in [0.1, 0.15) is 5.75 Å². The van der Waals surface area contributed by atoms with Crippen LogP contribution >= 0.6 is 0 Å². The summed E-state index contributed by atoms with van der Waals surface area (Å²) in [5, 5.41) is 6.74. The number of nitrogens with zero attached hydrogens (tertiary/aromatic N) is 3. The maximum absolute atomic E-state index is 12.4. The molecule has 1 aliphatic rings. The van der Waals surface area contributed by atoms with Crippen LogP contribution in [0.15, 0.2) is 53.1 Å². The molecule has 0 fully saturated rings. The Morgan fingerprint density at radius 1 is 1.23 bits per heavy atom. The first-order valence-electron chi connectivity index (χ1n) is 9.81. The molecular formula is C22H22N4O4. The molecule has 0 saturated heterocycles. The van der Waals surface area contributed by atoms with E-state index in [9.17, 15) is 9.59 Å². The maximum atomic E-state index is 12.4. The fraction of sp³-hybridized carbons (Fsp3) is 0.273. The molecule has 30 heavy (non-hydrogen) atoms. The van der Waals surface area contributed by atoms with E-state index in [-0.39, 0.29) is 30.1 Å². The van der Waals surface area contributed by atoms with E-state index in [1.165, 1.54) is 0 Å². The number of nitrogens with one attached hydrogen (secondary N) is 1. The van der Waals surface area contributed by atoms with Crippen molar-refractivity contribution in [1.82, 2.24) is 15.5 Å². The van der Waals surface area contributed by atoms with Crippen molar-refractivity contribution in [1.29, 1.82) is 0 Å². The van der Waals surface area contributed by atoms with Crippen LogP contribution in [0.2, 0.25) is 0 Å². The number of aromatic nitrogens is 2. The van der Waals surface area contributed by atoms with Crippen molar-refractivity contribution in [3.8, 4) is 17.1 Å². The average molecular weight is 406 g/mol. The van der Waals surface area contributed by atoms with Crippen molar-refractivity contribution < 1.29 is 18.8 Å². The number of benzene rings is 2. The first-order chi connectivity index (χ1) is 14.6. The highest BCUT2D eigenvalue weighted by Gasteiger charge is 2.25. The van der Waals surface area contributed by atoms with Gasteiger partial charge in [0, 0.05) is 18.7 Å². The van der Waals surface area contributed by atoms with E-state index in [1.807, 2.05) is 44.2 Å². The molecule has 2 aromatic carbocycles. The molecule has 1 N–H and O–H groups in total. The van der Waals surface area contributed by atoms with Crippen molar-refractivity contribution in [3.05, 3.63) is 60.0 Å². The Hall–Kier alpha value is -3.68. The minimum Gasteiger partial charge on any atom is -0.482 e. The zero-order valence-corrected chi connectivity index (χ0v) is 16.8. The van der Waals surface area contributed by atoms with Crippen LogP contribution < -0.4 is 15.0 Å². The smallest absolute Gasteiger partial charge is 0.316 e. The number of likely N-dealkylation sites (N-methyl/N-ethyl adjacent to an activating group) is 1. The quantitative estimate of drug-likeness (QED) is 0.676. The monoisotopic (exact) mass is 406 g/mol. The molecule has 3 aromatic rings. The summed E-state index contributed by atoms with van der Waals surface area (Å²) in [7, 11) is 0. The molecule has 1 aromatic heterocycles. The van der Waals surface area contributed by atoms with Crippen molar-refractivity contribution in [2.24, 2.45) is 0 Å². The zero-order chi connectivity index (χ0) is 21.1. The fourth-order valence-electron chi connectivity index (χ4n) is 3.34. The van der Waals surface area contributed by atoms with Crippen LogP contribution in [-0.2, 0) is 4.79 Å². The van der Waals surface area contributed by atoms with Crippen molar-refractivity contribution in [2.75, 3.05) is 24.6 Å². The zero-order valence-electron chi connectivity index (χ0n) is 16.8. The Morgan fingerprint density at radius 3 is 2.80 bits per heavy atom. The Balaban J connectivity index is 1.45. The van der Waals surface area contributed by atoms with Crippen LogP contribution in [0, 0.1) is 0 Å². The average Bonchev–Trinajstić information content (AvgIpc) is 3.28. The summed E-state index contributed by atoms with van der Waals surface area (Å²) < 4.78 is 10.7. The van der Waals surface area contributed by atoms with Gasteiger partial charge in [-0.15, -0.1) is 0 Å². The Bertz CT molecular complexity index is 1060. The molecule has 8 nitrogen and oxygen atoms in total. The summed E-state index contributed by atoms with van der Waals surface area (Å²) in [5.74, 6) is 0.396. The lowest BCUT2D eigenvalue weighted by atomic mass is 10.0. The first kappa shape index (κ1) is 19.6. The number of amides is 2. The topological polar surface area (TPSA) is 97.6 Å². The number of hydrogen-bond acceptors (Lipinski definition) is 6. The van der Waals surface area contributed by atoms with E-state index < -0.39 is 5.91 Å². The van der Waals surface area contributed by atoms with Gasteiger partial charge in [0.15, 0.2) is 6.61 Å². The predicted octanol–water partition coefficient (Wildman–Crippen LogP) is 3.02. The molecule has 0 unspecified atom stereocenters. The van der Waals surface area contributed by atoms with Gasteiger partial charge in [-0.3, -0.25) is 9.59 Å². The molecule has 8 heteroatoms. The van der Waals surface area contributed by atoms with Crippen LogP contribution in [0.1, 0.15) is 36.0 Å². The summed E-state index contributed by atoms with van der Waals surface area (Å²) in [6, 6.07) is 15.2. The number of fused-ring (bicyclic) bond motifs is 1. The van der Waals surface area contributed by atoms with Crippen molar-refractivity contribution in [3.63, 3.8) is 0 Å². The van der Waals surface area contributed by atoms with Crippen LogP contribution in [0.4, 0.5) is 5.69 Å². The summed E-state index contributed by atoms with van der Waals surface area (Å²) in [6.07, 6.45) is 0. The van der Waals surface area contributed by atoms with E-state index in [0.29, 0.717) is 30.1 Å². The number of rotatable bonds is 6. The summed E-state index contributed by atoms with van der Waals surface area (Å²) >= 11 is 0. The second kappa shape index (κ2) is 8.36. The molecular weight excluding hydrogens is 384 g/mol. The van der Waals surface area contributed by atoms with Gasteiger partial charge in [-0.25, -0.2) is 0 Å². The molecule has 0 saturated carbocycles. The van der Waals surface area contributed by atoms with Crippen molar-refractivity contribution >= 4 is 17.5 Å². The molecule has 0 radical (unpaired) electrons. The van der Waals surface area contributed by atoms with E-state index in [2.05, 4.69) is 15.5 Å². The third-order valence-corrected chi connectivity index (χ3v) is 5.03.